The topological polar surface area (TPSA) is 59.8 Å². The number of thiazole rings is 1. The van der Waals surface area contributed by atoms with E-state index < -0.39 is 0 Å². The van der Waals surface area contributed by atoms with Gasteiger partial charge in [0, 0.05) is 22.8 Å². The molecule has 0 spiro atoms. The molecule has 1 aromatic carbocycles. The molecule has 0 aliphatic heterocycles. The summed E-state index contributed by atoms with van der Waals surface area (Å²) in [4.78, 5) is 23.1. The molecule has 1 atom stereocenters. The number of nitrogens with zero attached hydrogens (tertiary/aromatic N) is 3. The number of hydrogen-bond donors (Lipinski definition) is 1. The van der Waals surface area contributed by atoms with E-state index in [4.69, 9.17) is 4.98 Å². The first-order valence-corrected chi connectivity index (χ1v) is 9.87. The lowest BCUT2D eigenvalue weighted by Crippen LogP contribution is -2.30. The summed E-state index contributed by atoms with van der Waals surface area (Å²) in [7, 11) is 0. The Morgan fingerprint density at radius 3 is 2.88 bits per heavy atom. The third-order valence-corrected chi connectivity index (χ3v) is 6.01. The summed E-state index contributed by atoms with van der Waals surface area (Å²) in [6.45, 7) is 2.26. The van der Waals surface area contributed by atoms with Crippen molar-refractivity contribution < 1.29 is 4.79 Å². The molecule has 1 aliphatic carbocycles. The second-order valence-electron chi connectivity index (χ2n) is 6.66. The van der Waals surface area contributed by atoms with Crippen LogP contribution in [-0.4, -0.2) is 20.4 Å². The Morgan fingerprint density at radius 2 is 2.08 bits per heavy atom. The highest BCUT2D eigenvalue weighted by atomic mass is 32.1. The van der Waals surface area contributed by atoms with E-state index in [1.54, 1.807) is 17.5 Å². The summed E-state index contributed by atoms with van der Waals surface area (Å²) in [6, 6.07) is 9.85. The van der Waals surface area contributed by atoms with Gasteiger partial charge in [0.2, 0.25) is 5.91 Å². The van der Waals surface area contributed by atoms with Crippen molar-refractivity contribution in [3.05, 3.63) is 58.3 Å². The predicted molar refractivity (Wildman–Crippen MR) is 103 cm³/mol. The minimum Gasteiger partial charge on any atom is -0.346 e. The summed E-state index contributed by atoms with van der Waals surface area (Å²) in [6.07, 6.45) is 8.24. The average molecular weight is 366 g/mol. The molecule has 26 heavy (non-hydrogen) atoms. The van der Waals surface area contributed by atoms with Crippen LogP contribution in [0.4, 0.5) is 0 Å². The van der Waals surface area contributed by atoms with Crippen LogP contribution in [0.25, 0.3) is 11.4 Å². The molecular formula is C20H22N4OS. The average Bonchev–Trinajstić information content (AvgIpc) is 3.29. The van der Waals surface area contributed by atoms with Crippen molar-refractivity contribution in [1.82, 2.24) is 19.9 Å². The summed E-state index contributed by atoms with van der Waals surface area (Å²) in [5, 5.41) is 4.10. The third kappa shape index (κ3) is 3.55. The van der Waals surface area contributed by atoms with Crippen LogP contribution in [0.2, 0.25) is 0 Å². The standard InChI is InChI=1S/C20H22N4OS/c1-14(20-23-16-9-5-6-10-17(16)26-20)22-18(25)13-24-12-11-21-19(24)15-7-3-2-4-8-15/h2-4,7-8,11-12,14H,5-6,9-10,13H2,1H3,(H,22,25)/t14-/m1/s1. The van der Waals surface area contributed by atoms with Gasteiger partial charge in [-0.1, -0.05) is 30.3 Å². The largest absolute Gasteiger partial charge is 0.346 e. The van der Waals surface area contributed by atoms with Gasteiger partial charge in [0.25, 0.3) is 0 Å². The number of carbonyl (C=O) groups is 1. The second kappa shape index (κ2) is 7.41. The van der Waals surface area contributed by atoms with Crippen molar-refractivity contribution in [2.24, 2.45) is 0 Å². The highest BCUT2D eigenvalue weighted by Crippen LogP contribution is 2.29. The fourth-order valence-corrected chi connectivity index (χ4v) is 4.50. The number of imidazole rings is 1. The molecule has 1 amide bonds. The molecule has 4 rings (SSSR count). The smallest absolute Gasteiger partial charge is 0.240 e. The Balaban J connectivity index is 1.43. The molecule has 0 fully saturated rings. The van der Waals surface area contributed by atoms with Crippen LogP contribution in [-0.2, 0) is 24.2 Å². The molecule has 6 heteroatoms. The van der Waals surface area contributed by atoms with Crippen molar-refractivity contribution in [3.8, 4) is 11.4 Å². The number of aryl methyl sites for hydroxylation is 2. The van der Waals surface area contributed by atoms with Gasteiger partial charge >= 0.3 is 0 Å². The van der Waals surface area contributed by atoms with E-state index in [0.29, 0.717) is 0 Å². The molecule has 5 nitrogen and oxygen atoms in total. The third-order valence-electron chi connectivity index (χ3n) is 4.67. The molecule has 0 saturated heterocycles. The molecule has 0 radical (unpaired) electrons. The van der Waals surface area contributed by atoms with Gasteiger partial charge in [-0.2, -0.15) is 0 Å². The molecule has 0 bridgehead atoms. The van der Waals surface area contributed by atoms with E-state index in [-0.39, 0.29) is 18.5 Å². The van der Waals surface area contributed by atoms with E-state index in [1.165, 1.54) is 23.4 Å². The number of hydrogen-bond acceptors (Lipinski definition) is 4. The number of benzene rings is 1. The van der Waals surface area contributed by atoms with Crippen LogP contribution < -0.4 is 5.32 Å². The Kier molecular flexibility index (Phi) is 4.84. The van der Waals surface area contributed by atoms with Gasteiger partial charge in [0.05, 0.1) is 11.7 Å². The quantitative estimate of drug-likeness (QED) is 0.748. The van der Waals surface area contributed by atoms with Gasteiger partial charge < -0.3 is 9.88 Å². The van der Waals surface area contributed by atoms with Crippen LogP contribution in [0.15, 0.2) is 42.7 Å². The van der Waals surface area contributed by atoms with Crippen molar-refractivity contribution in [1.29, 1.82) is 0 Å². The Labute approximate surface area is 157 Å². The highest BCUT2D eigenvalue weighted by Gasteiger charge is 2.20. The van der Waals surface area contributed by atoms with Gasteiger partial charge in [-0.3, -0.25) is 4.79 Å². The molecule has 2 aromatic heterocycles. The number of rotatable bonds is 5. The van der Waals surface area contributed by atoms with Crippen LogP contribution in [0.3, 0.4) is 0 Å². The maximum Gasteiger partial charge on any atom is 0.240 e. The van der Waals surface area contributed by atoms with Crippen LogP contribution in [0.5, 0.6) is 0 Å². The van der Waals surface area contributed by atoms with Crippen molar-refractivity contribution in [2.75, 3.05) is 0 Å². The highest BCUT2D eigenvalue weighted by molar-refractivity contribution is 7.11. The van der Waals surface area contributed by atoms with E-state index in [0.717, 1.165) is 29.2 Å². The second-order valence-corrected chi connectivity index (χ2v) is 7.78. The van der Waals surface area contributed by atoms with E-state index >= 15 is 0 Å². The minimum atomic E-state index is -0.0678. The lowest BCUT2D eigenvalue weighted by atomic mass is 10.0. The number of carbonyl (C=O) groups excluding carboxylic acids is 1. The Hall–Kier alpha value is -2.47. The Morgan fingerprint density at radius 1 is 1.27 bits per heavy atom. The SMILES string of the molecule is C[C@@H](NC(=O)Cn1ccnc1-c1ccccc1)c1nc2c(s1)CCCC2. The Bertz CT molecular complexity index is 876. The fraction of sp³-hybridized carbons (Fsp3) is 0.350. The van der Waals surface area contributed by atoms with Gasteiger partial charge in [-0.15, -0.1) is 11.3 Å². The zero-order valence-electron chi connectivity index (χ0n) is 14.8. The molecule has 2 heterocycles. The van der Waals surface area contributed by atoms with Gasteiger partial charge in [0.1, 0.15) is 17.4 Å². The molecule has 0 unspecified atom stereocenters. The van der Waals surface area contributed by atoms with Gasteiger partial charge in [-0.25, -0.2) is 9.97 Å². The van der Waals surface area contributed by atoms with Crippen molar-refractivity contribution >= 4 is 17.2 Å². The first-order valence-electron chi connectivity index (χ1n) is 9.05. The van der Waals surface area contributed by atoms with E-state index in [1.807, 2.05) is 48.0 Å². The lowest BCUT2D eigenvalue weighted by Gasteiger charge is -2.13. The molecule has 0 saturated carbocycles. The van der Waals surface area contributed by atoms with Gasteiger partial charge in [-0.05, 0) is 32.6 Å². The maximum atomic E-state index is 12.5. The summed E-state index contributed by atoms with van der Waals surface area (Å²) < 4.78 is 1.88. The predicted octanol–water partition coefficient (Wildman–Crippen LogP) is 3.76. The van der Waals surface area contributed by atoms with Gasteiger partial charge in [0.15, 0.2) is 0 Å². The minimum absolute atomic E-state index is 0.0270. The summed E-state index contributed by atoms with van der Waals surface area (Å²) >= 11 is 1.75. The fourth-order valence-electron chi connectivity index (χ4n) is 3.35. The van der Waals surface area contributed by atoms with Crippen LogP contribution >= 0.6 is 11.3 Å². The number of nitrogens with one attached hydrogen (secondary N) is 1. The van der Waals surface area contributed by atoms with Crippen molar-refractivity contribution in [3.63, 3.8) is 0 Å². The van der Waals surface area contributed by atoms with E-state index in [2.05, 4.69) is 10.3 Å². The zero-order chi connectivity index (χ0) is 17.9. The first-order chi connectivity index (χ1) is 12.7. The van der Waals surface area contributed by atoms with Crippen LogP contribution in [0, 0.1) is 0 Å². The summed E-state index contributed by atoms with van der Waals surface area (Å²) in [5.74, 6) is 0.777. The van der Waals surface area contributed by atoms with E-state index in [9.17, 15) is 4.79 Å². The molecule has 1 aliphatic rings. The van der Waals surface area contributed by atoms with Crippen molar-refractivity contribution in [2.45, 2.75) is 45.2 Å². The number of aromatic nitrogens is 3. The monoisotopic (exact) mass is 366 g/mol. The van der Waals surface area contributed by atoms with Crippen LogP contribution in [0.1, 0.15) is 41.4 Å². The maximum absolute atomic E-state index is 12.5. The molecule has 134 valence electrons. The normalized spacial score (nSPS) is 14.7. The number of amides is 1. The first kappa shape index (κ1) is 17.0. The number of fused-ring (bicyclic) bond motifs is 1. The lowest BCUT2D eigenvalue weighted by molar-refractivity contribution is -0.122. The molecule has 3 aromatic rings. The summed E-state index contributed by atoms with van der Waals surface area (Å²) in [5.41, 5.74) is 2.24. The zero-order valence-corrected chi connectivity index (χ0v) is 15.6. The molecule has 1 N–H and O–H groups in total. The molecular weight excluding hydrogens is 344 g/mol.